The standard InChI is InChI=1S/C43H55N7O6/c1-5-11-33(36(51)41(55)46-30-18-19-30)47-38(52)32-25-50(24-31(32)29-17-16-26-12-9-10-15-28(26)22-29)42(56)37(43(2,3)4)49-40(54)35(27-13-7-6-8-14-27)48-39(53)34-23-44-20-21-45-34/h9-10,12,15-17,20-23,27,30-33,35,37H,5-8,11,13-14,18-19,24-25H2,1-4H3,(H,46,55)(H,47,52)(H,48,53)(H,49,54)/t31?,32-,33-,35-,37+/m0/s1. The molecule has 0 radical (unpaired) electrons. The van der Waals surface area contributed by atoms with Gasteiger partial charge in [-0.05, 0) is 59.8 Å². The number of fused-ring (bicyclic) bond motifs is 1. The first-order valence-electron chi connectivity index (χ1n) is 20.1. The number of hydrogen-bond acceptors (Lipinski definition) is 8. The topological polar surface area (TPSA) is 180 Å². The molecular weight excluding hydrogens is 711 g/mol. The molecule has 2 heterocycles. The van der Waals surface area contributed by atoms with Gasteiger partial charge >= 0.3 is 0 Å². The molecule has 1 saturated heterocycles. The molecule has 2 saturated carbocycles. The smallest absolute Gasteiger partial charge is 0.289 e. The lowest BCUT2D eigenvalue weighted by molar-refractivity contribution is -0.141. The Kier molecular flexibility index (Phi) is 12.8. The summed E-state index contributed by atoms with van der Waals surface area (Å²) in [6.07, 6.45) is 11.2. The zero-order valence-corrected chi connectivity index (χ0v) is 32.9. The molecule has 1 unspecified atom stereocenters. The molecule has 13 heteroatoms. The number of aromatic nitrogens is 2. The summed E-state index contributed by atoms with van der Waals surface area (Å²) >= 11 is 0. The number of benzene rings is 2. The van der Waals surface area contributed by atoms with E-state index in [9.17, 15) is 28.8 Å². The third-order valence-electron chi connectivity index (χ3n) is 11.4. The summed E-state index contributed by atoms with van der Waals surface area (Å²) in [7, 11) is 0. The van der Waals surface area contributed by atoms with Crippen molar-refractivity contribution >= 4 is 46.1 Å². The van der Waals surface area contributed by atoms with Crippen molar-refractivity contribution in [1.82, 2.24) is 36.1 Å². The summed E-state index contributed by atoms with van der Waals surface area (Å²) in [5.74, 6) is -4.38. The molecule has 1 aromatic heterocycles. The van der Waals surface area contributed by atoms with Gasteiger partial charge in [0.05, 0.1) is 18.2 Å². The predicted octanol–water partition coefficient (Wildman–Crippen LogP) is 4.21. The van der Waals surface area contributed by atoms with Crippen LogP contribution in [0.2, 0.25) is 0 Å². The Morgan fingerprint density at radius 1 is 0.857 bits per heavy atom. The number of carbonyl (C=O) groups excluding carboxylic acids is 6. The zero-order chi connectivity index (χ0) is 40.0. The molecule has 298 valence electrons. The minimum absolute atomic E-state index is 0.000229. The van der Waals surface area contributed by atoms with E-state index >= 15 is 0 Å². The van der Waals surface area contributed by atoms with E-state index in [1.807, 2.05) is 70.2 Å². The Morgan fingerprint density at radius 2 is 1.59 bits per heavy atom. The molecule has 3 aliphatic rings. The lowest BCUT2D eigenvalue weighted by Gasteiger charge is -2.36. The van der Waals surface area contributed by atoms with Crippen LogP contribution in [0.1, 0.15) is 107 Å². The van der Waals surface area contributed by atoms with Gasteiger partial charge in [0.2, 0.25) is 23.5 Å². The number of nitrogens with zero attached hydrogens (tertiary/aromatic N) is 3. The van der Waals surface area contributed by atoms with E-state index in [4.69, 9.17) is 0 Å². The fourth-order valence-electron chi connectivity index (χ4n) is 8.06. The first kappa shape index (κ1) is 40.5. The maximum Gasteiger partial charge on any atom is 0.289 e. The van der Waals surface area contributed by atoms with Gasteiger partial charge in [0, 0.05) is 37.4 Å². The van der Waals surface area contributed by atoms with E-state index in [0.29, 0.717) is 12.8 Å². The molecule has 0 spiro atoms. The molecule has 5 amide bonds. The van der Waals surface area contributed by atoms with E-state index in [2.05, 4.69) is 31.2 Å². The summed E-state index contributed by atoms with van der Waals surface area (Å²) in [5, 5.41) is 13.6. The number of ketones is 1. The Morgan fingerprint density at radius 3 is 2.25 bits per heavy atom. The number of rotatable bonds is 14. The van der Waals surface area contributed by atoms with Crippen LogP contribution in [0.3, 0.4) is 0 Å². The first-order valence-corrected chi connectivity index (χ1v) is 20.1. The fourth-order valence-corrected chi connectivity index (χ4v) is 8.06. The molecule has 3 aromatic rings. The van der Waals surface area contributed by atoms with E-state index in [0.717, 1.165) is 61.3 Å². The highest BCUT2D eigenvalue weighted by Crippen LogP contribution is 2.36. The van der Waals surface area contributed by atoms with Gasteiger partial charge in [0.15, 0.2) is 0 Å². The van der Waals surface area contributed by atoms with E-state index in [1.54, 1.807) is 4.90 Å². The van der Waals surface area contributed by atoms with Gasteiger partial charge in [-0.25, -0.2) is 4.98 Å². The SMILES string of the molecule is CCC[C@H](NC(=O)[C@H]1CN(C(=O)[C@@H](NC(=O)[C@@H](NC(=O)c2cnccn2)C2CCCCC2)C(C)(C)C)CC1c1ccc2ccccc2c1)C(=O)C(=O)NC1CC1. The summed E-state index contributed by atoms with van der Waals surface area (Å²) in [4.78, 5) is 92.3. The second-order valence-corrected chi connectivity index (χ2v) is 16.8. The number of carbonyl (C=O) groups is 6. The van der Waals surface area contributed by atoms with Crippen molar-refractivity contribution < 1.29 is 28.8 Å². The third kappa shape index (κ3) is 9.78. The number of hydrogen-bond donors (Lipinski definition) is 4. The Hall–Kier alpha value is -5.20. The van der Waals surface area contributed by atoms with Gasteiger partial charge in [-0.2, -0.15) is 0 Å². The number of likely N-dealkylation sites (tertiary alicyclic amines) is 1. The molecule has 6 rings (SSSR count). The van der Waals surface area contributed by atoms with Gasteiger partial charge in [-0.3, -0.25) is 33.8 Å². The van der Waals surface area contributed by atoms with Crippen LogP contribution in [0.25, 0.3) is 10.8 Å². The van der Waals surface area contributed by atoms with E-state index < -0.39 is 64.8 Å². The Bertz CT molecular complexity index is 1920. The lowest BCUT2D eigenvalue weighted by Crippen LogP contribution is -2.60. The van der Waals surface area contributed by atoms with Crippen molar-refractivity contribution in [3.63, 3.8) is 0 Å². The minimum Gasteiger partial charge on any atom is -0.347 e. The number of nitrogens with one attached hydrogen (secondary N) is 4. The lowest BCUT2D eigenvalue weighted by atomic mass is 9.82. The summed E-state index contributed by atoms with van der Waals surface area (Å²) in [5.41, 5.74) is 0.215. The second-order valence-electron chi connectivity index (χ2n) is 16.8. The van der Waals surface area contributed by atoms with E-state index in [-0.39, 0.29) is 36.7 Å². The molecule has 0 bridgehead atoms. The third-order valence-corrected chi connectivity index (χ3v) is 11.4. The molecule has 2 aliphatic carbocycles. The second kappa shape index (κ2) is 17.7. The Balaban J connectivity index is 1.26. The van der Waals surface area contributed by atoms with Crippen molar-refractivity contribution in [2.75, 3.05) is 13.1 Å². The average Bonchev–Trinajstić information content (AvgIpc) is 3.90. The molecule has 5 atom stereocenters. The predicted molar refractivity (Wildman–Crippen MR) is 211 cm³/mol. The highest BCUT2D eigenvalue weighted by atomic mass is 16.2. The van der Waals surface area contributed by atoms with Crippen LogP contribution >= 0.6 is 0 Å². The van der Waals surface area contributed by atoms with Gasteiger partial charge in [0.25, 0.3) is 11.8 Å². The van der Waals surface area contributed by atoms with Gasteiger partial charge in [0.1, 0.15) is 17.8 Å². The highest BCUT2D eigenvalue weighted by molar-refractivity contribution is 6.38. The first-order chi connectivity index (χ1) is 26.8. The van der Waals surface area contributed by atoms with Crippen molar-refractivity contribution in [1.29, 1.82) is 0 Å². The zero-order valence-electron chi connectivity index (χ0n) is 32.9. The molecule has 3 fully saturated rings. The quantitative estimate of drug-likeness (QED) is 0.176. The highest BCUT2D eigenvalue weighted by Gasteiger charge is 2.46. The normalized spacial score (nSPS) is 20.4. The van der Waals surface area contributed by atoms with Gasteiger partial charge in [-0.1, -0.05) is 95.8 Å². The molecule has 13 nitrogen and oxygen atoms in total. The van der Waals surface area contributed by atoms with Crippen LogP contribution in [-0.2, 0) is 24.0 Å². The minimum atomic E-state index is -0.997. The van der Waals surface area contributed by atoms with Crippen molar-refractivity contribution in [3.05, 3.63) is 72.3 Å². The molecule has 2 aromatic carbocycles. The van der Waals surface area contributed by atoms with Crippen molar-refractivity contribution in [2.24, 2.45) is 17.3 Å². The van der Waals surface area contributed by atoms with Crippen molar-refractivity contribution in [2.45, 2.75) is 116 Å². The van der Waals surface area contributed by atoms with Crippen molar-refractivity contribution in [3.8, 4) is 0 Å². The molecule has 1 aliphatic heterocycles. The molecule has 4 N–H and O–H groups in total. The summed E-state index contributed by atoms with van der Waals surface area (Å²) in [6.45, 7) is 7.75. The van der Waals surface area contributed by atoms with Crippen LogP contribution in [0.15, 0.2) is 61.1 Å². The fraction of sp³-hybridized carbons (Fsp3) is 0.535. The van der Waals surface area contributed by atoms with Crippen LogP contribution in [0.4, 0.5) is 0 Å². The molecular formula is C43H55N7O6. The number of Topliss-reactive ketones (excluding diaryl/α,β-unsaturated/α-hetero) is 1. The van der Waals surface area contributed by atoms with Crippen LogP contribution in [0.5, 0.6) is 0 Å². The van der Waals surface area contributed by atoms with Crippen LogP contribution < -0.4 is 21.3 Å². The van der Waals surface area contributed by atoms with Gasteiger partial charge in [-0.15, -0.1) is 0 Å². The maximum absolute atomic E-state index is 14.7. The van der Waals surface area contributed by atoms with Crippen LogP contribution in [-0.4, -0.2) is 87.4 Å². The monoisotopic (exact) mass is 765 g/mol. The van der Waals surface area contributed by atoms with Crippen LogP contribution in [0, 0.1) is 17.3 Å². The largest absolute Gasteiger partial charge is 0.347 e. The van der Waals surface area contributed by atoms with E-state index in [1.165, 1.54) is 18.6 Å². The molecule has 56 heavy (non-hydrogen) atoms. The maximum atomic E-state index is 14.7. The average molecular weight is 766 g/mol. The summed E-state index contributed by atoms with van der Waals surface area (Å²) in [6, 6.07) is 11.0. The Labute approximate surface area is 328 Å². The summed E-state index contributed by atoms with van der Waals surface area (Å²) < 4.78 is 0. The number of amides is 5. The van der Waals surface area contributed by atoms with Gasteiger partial charge < -0.3 is 26.2 Å².